The summed E-state index contributed by atoms with van der Waals surface area (Å²) in [5, 5.41) is 5.41. The van der Waals surface area contributed by atoms with Crippen LogP contribution in [0.1, 0.15) is 35.9 Å². The van der Waals surface area contributed by atoms with Gasteiger partial charge in [-0.05, 0) is 30.2 Å². The Labute approximate surface area is 135 Å². The molecule has 5 nitrogen and oxygen atoms in total. The smallest absolute Gasteiger partial charge is 0.291 e. The third-order valence-corrected chi connectivity index (χ3v) is 3.16. The van der Waals surface area contributed by atoms with Gasteiger partial charge in [-0.2, -0.15) is 0 Å². The number of hydrogen-bond acceptors (Lipinski definition) is 3. The molecular weight excluding hydrogens is 292 g/mol. The van der Waals surface area contributed by atoms with Crippen LogP contribution in [0.5, 0.6) is 0 Å². The molecular formula is C18H20N2O3. The van der Waals surface area contributed by atoms with E-state index in [1.54, 1.807) is 18.2 Å². The van der Waals surface area contributed by atoms with Crippen LogP contribution in [0.4, 0.5) is 0 Å². The number of amides is 2. The van der Waals surface area contributed by atoms with Crippen LogP contribution in [0.3, 0.4) is 0 Å². The Morgan fingerprint density at radius 2 is 1.91 bits per heavy atom. The summed E-state index contributed by atoms with van der Waals surface area (Å²) in [4.78, 5) is 24.4. The van der Waals surface area contributed by atoms with Crippen molar-refractivity contribution in [3.8, 4) is 0 Å². The third kappa shape index (κ3) is 5.14. The Balaban J connectivity index is 2.15. The molecule has 2 rings (SSSR count). The van der Waals surface area contributed by atoms with Crippen molar-refractivity contribution < 1.29 is 14.0 Å². The Hall–Kier alpha value is -2.82. The molecule has 0 aliphatic carbocycles. The first kappa shape index (κ1) is 16.5. The van der Waals surface area contributed by atoms with Gasteiger partial charge < -0.3 is 15.1 Å². The summed E-state index contributed by atoms with van der Waals surface area (Å²) in [5.74, 6) is -0.615. The number of carbonyl (C=O) groups is 2. The van der Waals surface area contributed by atoms with Crippen LogP contribution >= 0.6 is 0 Å². The van der Waals surface area contributed by atoms with E-state index in [1.807, 2.05) is 37.3 Å². The highest BCUT2D eigenvalue weighted by Crippen LogP contribution is 2.07. The molecule has 1 aromatic carbocycles. The third-order valence-electron chi connectivity index (χ3n) is 3.16. The topological polar surface area (TPSA) is 71.3 Å². The lowest BCUT2D eigenvalue weighted by atomic mass is 10.2. The molecule has 0 bridgehead atoms. The van der Waals surface area contributed by atoms with Gasteiger partial charge in [-0.15, -0.1) is 0 Å². The Bertz CT molecular complexity index is 661. The van der Waals surface area contributed by atoms with E-state index < -0.39 is 5.91 Å². The van der Waals surface area contributed by atoms with Crippen LogP contribution in [-0.2, 0) is 4.79 Å². The molecule has 2 aromatic rings. The van der Waals surface area contributed by atoms with E-state index in [0.29, 0.717) is 6.54 Å². The fraction of sp³-hybridized carbons (Fsp3) is 0.222. The van der Waals surface area contributed by atoms with Crippen molar-refractivity contribution in [2.24, 2.45) is 0 Å². The van der Waals surface area contributed by atoms with Gasteiger partial charge in [0, 0.05) is 6.54 Å². The van der Waals surface area contributed by atoms with E-state index in [2.05, 4.69) is 10.6 Å². The van der Waals surface area contributed by atoms with Gasteiger partial charge in [0.05, 0.1) is 6.26 Å². The molecule has 2 N–H and O–H groups in total. The molecule has 0 saturated heterocycles. The fourth-order valence-corrected chi connectivity index (χ4v) is 1.94. The maximum atomic E-state index is 12.3. The van der Waals surface area contributed by atoms with Crippen LogP contribution in [-0.4, -0.2) is 18.4 Å². The van der Waals surface area contributed by atoms with Crippen LogP contribution < -0.4 is 10.6 Å². The largest absolute Gasteiger partial charge is 0.459 e. The predicted octanol–water partition coefficient (Wildman–Crippen LogP) is 2.97. The van der Waals surface area contributed by atoms with Crippen LogP contribution in [0.25, 0.3) is 6.08 Å². The van der Waals surface area contributed by atoms with Gasteiger partial charge in [0.15, 0.2) is 5.76 Å². The Morgan fingerprint density at radius 1 is 1.13 bits per heavy atom. The van der Waals surface area contributed by atoms with Gasteiger partial charge in [0.25, 0.3) is 11.8 Å². The van der Waals surface area contributed by atoms with Crippen LogP contribution in [0, 0.1) is 0 Å². The molecule has 0 aliphatic heterocycles. The first-order chi connectivity index (χ1) is 11.2. The molecule has 120 valence electrons. The zero-order valence-electron chi connectivity index (χ0n) is 13.0. The van der Waals surface area contributed by atoms with E-state index in [0.717, 1.165) is 18.4 Å². The lowest BCUT2D eigenvalue weighted by Gasteiger charge is -2.10. The molecule has 23 heavy (non-hydrogen) atoms. The summed E-state index contributed by atoms with van der Waals surface area (Å²) in [6.45, 7) is 2.61. The second-order valence-corrected chi connectivity index (χ2v) is 5.01. The SMILES string of the molecule is CCCCNC(=O)/C(=C/c1ccccc1)NC(=O)c1ccco1. The van der Waals surface area contributed by atoms with E-state index in [1.165, 1.54) is 6.26 Å². The van der Waals surface area contributed by atoms with Crippen molar-refractivity contribution in [1.82, 2.24) is 10.6 Å². The predicted molar refractivity (Wildman–Crippen MR) is 88.5 cm³/mol. The normalized spacial score (nSPS) is 11.1. The quantitative estimate of drug-likeness (QED) is 0.610. The van der Waals surface area contributed by atoms with Crippen molar-refractivity contribution >= 4 is 17.9 Å². The number of unbranched alkanes of at least 4 members (excludes halogenated alkanes) is 1. The van der Waals surface area contributed by atoms with E-state index in [9.17, 15) is 9.59 Å². The summed E-state index contributed by atoms with van der Waals surface area (Å²) < 4.78 is 5.05. The van der Waals surface area contributed by atoms with Crippen molar-refractivity contribution in [3.63, 3.8) is 0 Å². The van der Waals surface area contributed by atoms with Crippen LogP contribution in [0.2, 0.25) is 0 Å². The van der Waals surface area contributed by atoms with Gasteiger partial charge in [-0.1, -0.05) is 43.7 Å². The molecule has 1 heterocycles. The maximum absolute atomic E-state index is 12.3. The molecule has 0 saturated carbocycles. The average molecular weight is 312 g/mol. The summed E-state index contributed by atoms with van der Waals surface area (Å²) in [6, 6.07) is 12.5. The van der Waals surface area contributed by atoms with Crippen molar-refractivity contribution in [1.29, 1.82) is 0 Å². The second-order valence-electron chi connectivity index (χ2n) is 5.01. The average Bonchev–Trinajstić information content (AvgIpc) is 3.10. The number of carbonyl (C=O) groups excluding carboxylic acids is 2. The molecule has 5 heteroatoms. The first-order valence-electron chi connectivity index (χ1n) is 7.60. The molecule has 0 atom stereocenters. The number of furan rings is 1. The summed E-state index contributed by atoms with van der Waals surface area (Å²) in [6.07, 6.45) is 4.92. The monoisotopic (exact) mass is 312 g/mol. The minimum atomic E-state index is -0.456. The van der Waals surface area contributed by atoms with E-state index in [4.69, 9.17) is 4.42 Å². The molecule has 0 spiro atoms. The summed E-state index contributed by atoms with van der Waals surface area (Å²) >= 11 is 0. The lowest BCUT2D eigenvalue weighted by molar-refractivity contribution is -0.117. The summed E-state index contributed by atoms with van der Waals surface area (Å²) in [7, 11) is 0. The minimum Gasteiger partial charge on any atom is -0.459 e. The highest BCUT2D eigenvalue weighted by atomic mass is 16.3. The summed E-state index contributed by atoms with van der Waals surface area (Å²) in [5.41, 5.74) is 1.02. The molecule has 0 unspecified atom stereocenters. The minimum absolute atomic E-state index is 0.158. The van der Waals surface area contributed by atoms with Crippen molar-refractivity contribution in [2.45, 2.75) is 19.8 Å². The number of hydrogen-bond donors (Lipinski definition) is 2. The van der Waals surface area contributed by atoms with Gasteiger partial charge in [0.1, 0.15) is 5.70 Å². The van der Waals surface area contributed by atoms with E-state index in [-0.39, 0.29) is 17.4 Å². The molecule has 0 aliphatic rings. The van der Waals surface area contributed by atoms with Crippen LogP contribution in [0.15, 0.2) is 58.8 Å². The Kier molecular flexibility index (Phi) is 6.17. The van der Waals surface area contributed by atoms with Crippen molar-refractivity contribution in [2.75, 3.05) is 6.54 Å². The standard InChI is InChI=1S/C18H20N2O3/c1-2-3-11-19-17(21)15(13-14-8-5-4-6-9-14)20-18(22)16-10-7-12-23-16/h4-10,12-13H,2-3,11H2,1H3,(H,19,21)(H,20,22)/b15-13-. The molecule has 2 amide bonds. The highest BCUT2D eigenvalue weighted by molar-refractivity contribution is 6.04. The lowest BCUT2D eigenvalue weighted by Crippen LogP contribution is -2.35. The number of benzene rings is 1. The van der Waals surface area contributed by atoms with Gasteiger partial charge in [-0.3, -0.25) is 9.59 Å². The second kappa shape index (κ2) is 8.58. The highest BCUT2D eigenvalue weighted by Gasteiger charge is 2.15. The number of rotatable bonds is 7. The molecule has 0 radical (unpaired) electrons. The number of nitrogens with one attached hydrogen (secondary N) is 2. The van der Waals surface area contributed by atoms with Gasteiger partial charge in [0.2, 0.25) is 0 Å². The Morgan fingerprint density at radius 3 is 2.57 bits per heavy atom. The van der Waals surface area contributed by atoms with Crippen molar-refractivity contribution in [3.05, 3.63) is 65.7 Å². The molecule has 1 aromatic heterocycles. The zero-order valence-corrected chi connectivity index (χ0v) is 13.0. The van der Waals surface area contributed by atoms with Gasteiger partial charge >= 0.3 is 0 Å². The molecule has 0 fully saturated rings. The first-order valence-corrected chi connectivity index (χ1v) is 7.60. The van der Waals surface area contributed by atoms with Gasteiger partial charge in [-0.25, -0.2) is 0 Å². The fourth-order valence-electron chi connectivity index (χ4n) is 1.94. The zero-order chi connectivity index (χ0) is 16.5. The van der Waals surface area contributed by atoms with E-state index >= 15 is 0 Å². The maximum Gasteiger partial charge on any atom is 0.291 e.